The van der Waals surface area contributed by atoms with Crippen LogP contribution >= 0.6 is 0 Å². The zero-order valence-corrected chi connectivity index (χ0v) is 20.4. The molecule has 2 N–H and O–H groups in total. The van der Waals surface area contributed by atoms with Crippen LogP contribution in [-0.4, -0.2) is 23.8 Å². The third kappa shape index (κ3) is 4.74. The van der Waals surface area contributed by atoms with Crippen molar-refractivity contribution >= 4 is 28.8 Å². The summed E-state index contributed by atoms with van der Waals surface area (Å²) in [7, 11) is 1.74. The van der Waals surface area contributed by atoms with Gasteiger partial charge in [-0.25, -0.2) is 9.80 Å². The van der Waals surface area contributed by atoms with E-state index < -0.39 is 0 Å². The van der Waals surface area contributed by atoms with Crippen LogP contribution in [0.5, 0.6) is 5.75 Å². The van der Waals surface area contributed by atoms with E-state index in [0.717, 1.165) is 52.4 Å². The summed E-state index contributed by atoms with van der Waals surface area (Å²) in [6, 6.07) is 21.5. The monoisotopic (exact) mass is 468 g/mol. The molecule has 6 nitrogen and oxygen atoms in total. The molecule has 1 aliphatic carbocycles. The fourth-order valence-corrected chi connectivity index (χ4v) is 5.01. The fourth-order valence-electron chi connectivity index (χ4n) is 5.01. The summed E-state index contributed by atoms with van der Waals surface area (Å²) in [5, 5.41) is 6.36. The number of nitrogen functional groups attached to an aromatic ring is 1. The lowest BCUT2D eigenvalue weighted by Gasteiger charge is -2.27. The maximum Gasteiger partial charge on any atom is 0.349 e. The number of nitrogens with zero attached hydrogens (tertiary/aromatic N) is 3. The van der Waals surface area contributed by atoms with Gasteiger partial charge in [0.25, 0.3) is 0 Å². The van der Waals surface area contributed by atoms with Gasteiger partial charge in [-0.3, -0.25) is 4.90 Å². The smallest absolute Gasteiger partial charge is 0.349 e. The zero-order valence-electron chi connectivity index (χ0n) is 20.4. The first kappa shape index (κ1) is 23.0. The highest BCUT2D eigenvalue weighted by Gasteiger charge is 2.33. The minimum atomic E-state index is -0.195. The van der Waals surface area contributed by atoms with E-state index in [1.807, 2.05) is 49.4 Å². The molecule has 0 saturated heterocycles. The van der Waals surface area contributed by atoms with Gasteiger partial charge in [0, 0.05) is 24.2 Å². The molecular formula is C29H32N4O2. The molecule has 1 fully saturated rings. The SMILES string of the molecule is Cc1cc2c(cc1OCc1ccccc1)C(C1CCCCC1)=NN(C)C(=O)N2c1ccc(N)cc1. The molecule has 35 heavy (non-hydrogen) atoms. The number of hydrogen-bond donors (Lipinski definition) is 1. The summed E-state index contributed by atoms with van der Waals surface area (Å²) < 4.78 is 6.29. The highest BCUT2D eigenvalue weighted by atomic mass is 16.5. The first-order chi connectivity index (χ1) is 17.0. The number of hydrazone groups is 1. The molecule has 0 bridgehead atoms. The first-order valence-corrected chi connectivity index (χ1v) is 12.3. The fraction of sp³-hybridized carbons (Fsp3) is 0.310. The van der Waals surface area contributed by atoms with Gasteiger partial charge in [0.15, 0.2) is 0 Å². The lowest BCUT2D eigenvalue weighted by atomic mass is 9.82. The second-order valence-corrected chi connectivity index (χ2v) is 9.46. The Hall–Kier alpha value is -3.80. The summed E-state index contributed by atoms with van der Waals surface area (Å²) >= 11 is 0. The lowest BCUT2D eigenvalue weighted by Crippen LogP contribution is -2.34. The van der Waals surface area contributed by atoms with Crippen molar-refractivity contribution in [2.75, 3.05) is 17.7 Å². The van der Waals surface area contributed by atoms with Crippen molar-refractivity contribution < 1.29 is 9.53 Å². The van der Waals surface area contributed by atoms with E-state index in [1.165, 1.54) is 24.3 Å². The third-order valence-electron chi connectivity index (χ3n) is 6.92. The average molecular weight is 469 g/mol. The average Bonchev–Trinajstić information content (AvgIpc) is 2.98. The van der Waals surface area contributed by atoms with Gasteiger partial charge >= 0.3 is 6.03 Å². The van der Waals surface area contributed by atoms with Crippen LogP contribution < -0.4 is 15.4 Å². The van der Waals surface area contributed by atoms with Gasteiger partial charge < -0.3 is 10.5 Å². The molecule has 6 heteroatoms. The molecule has 1 saturated carbocycles. The van der Waals surface area contributed by atoms with Crippen molar-refractivity contribution in [3.63, 3.8) is 0 Å². The second-order valence-electron chi connectivity index (χ2n) is 9.46. The van der Waals surface area contributed by atoms with Gasteiger partial charge in [-0.15, -0.1) is 0 Å². The molecule has 0 unspecified atom stereocenters. The Labute approximate surface area is 207 Å². The minimum absolute atomic E-state index is 0.195. The van der Waals surface area contributed by atoms with Crippen LogP contribution in [0.4, 0.5) is 21.9 Å². The number of ether oxygens (including phenoxy) is 1. The predicted octanol–water partition coefficient (Wildman–Crippen LogP) is 6.64. The molecular weight excluding hydrogens is 436 g/mol. The standard InChI is InChI=1S/C29H32N4O2/c1-20-17-26-25(18-27(20)35-19-21-9-5-3-6-10-21)28(22-11-7-4-8-12-22)31-32(2)29(34)33(26)24-15-13-23(30)14-16-24/h3,5-6,9-10,13-18,22H,4,7-8,11-12,19,30H2,1-2H3. The van der Waals surface area contributed by atoms with Crippen LogP contribution in [0.1, 0.15) is 48.8 Å². The molecule has 3 aromatic rings. The van der Waals surface area contributed by atoms with Crippen LogP contribution in [0.25, 0.3) is 0 Å². The number of urea groups is 1. The molecule has 0 aromatic heterocycles. The van der Waals surface area contributed by atoms with Crippen LogP contribution in [0.2, 0.25) is 0 Å². The highest BCUT2D eigenvalue weighted by Crippen LogP contribution is 2.40. The summed E-state index contributed by atoms with van der Waals surface area (Å²) in [5.41, 5.74) is 12.2. The molecule has 2 aliphatic rings. The van der Waals surface area contributed by atoms with Crippen molar-refractivity contribution in [1.29, 1.82) is 0 Å². The van der Waals surface area contributed by atoms with E-state index in [4.69, 9.17) is 15.6 Å². The number of anilines is 3. The minimum Gasteiger partial charge on any atom is -0.489 e. The Bertz CT molecular complexity index is 1230. The molecule has 3 aromatic carbocycles. The molecule has 5 rings (SSSR count). The van der Waals surface area contributed by atoms with E-state index in [1.54, 1.807) is 11.9 Å². The van der Waals surface area contributed by atoms with Crippen molar-refractivity contribution in [2.24, 2.45) is 11.0 Å². The summed E-state index contributed by atoms with van der Waals surface area (Å²) in [4.78, 5) is 15.3. The van der Waals surface area contributed by atoms with Crippen LogP contribution in [0.15, 0.2) is 71.8 Å². The third-order valence-corrected chi connectivity index (χ3v) is 6.92. The van der Waals surface area contributed by atoms with Crippen LogP contribution in [-0.2, 0) is 6.61 Å². The maximum absolute atomic E-state index is 13.6. The largest absolute Gasteiger partial charge is 0.489 e. The predicted molar refractivity (Wildman–Crippen MR) is 141 cm³/mol. The number of fused-ring (bicyclic) bond motifs is 1. The molecule has 0 spiro atoms. The topological polar surface area (TPSA) is 71.2 Å². The molecule has 0 atom stereocenters. The Balaban J connectivity index is 1.62. The number of amides is 2. The number of benzene rings is 3. The van der Waals surface area contributed by atoms with Crippen LogP contribution in [0.3, 0.4) is 0 Å². The second kappa shape index (κ2) is 9.82. The van der Waals surface area contributed by atoms with Gasteiger partial charge in [-0.05, 0) is 67.3 Å². The lowest BCUT2D eigenvalue weighted by molar-refractivity contribution is 0.220. The van der Waals surface area contributed by atoms with E-state index in [9.17, 15) is 4.79 Å². The van der Waals surface area contributed by atoms with E-state index in [-0.39, 0.29) is 6.03 Å². The number of carbonyl (C=O) groups is 1. The van der Waals surface area contributed by atoms with Gasteiger partial charge in [-0.2, -0.15) is 5.10 Å². The van der Waals surface area contributed by atoms with E-state index in [0.29, 0.717) is 18.2 Å². The van der Waals surface area contributed by atoms with Crippen molar-refractivity contribution in [2.45, 2.75) is 45.6 Å². The van der Waals surface area contributed by atoms with E-state index in [2.05, 4.69) is 24.3 Å². The van der Waals surface area contributed by atoms with Gasteiger partial charge in [0.1, 0.15) is 12.4 Å². The Morgan fingerprint density at radius 1 is 1.00 bits per heavy atom. The van der Waals surface area contributed by atoms with Crippen molar-refractivity contribution in [1.82, 2.24) is 5.01 Å². The summed E-state index contributed by atoms with van der Waals surface area (Å²) in [6.45, 7) is 2.51. The van der Waals surface area contributed by atoms with Crippen molar-refractivity contribution in [3.05, 3.63) is 83.4 Å². The Kier molecular flexibility index (Phi) is 6.45. The van der Waals surface area contributed by atoms with Crippen molar-refractivity contribution in [3.8, 4) is 5.75 Å². The van der Waals surface area contributed by atoms with Gasteiger partial charge in [0.05, 0.1) is 17.1 Å². The normalized spacial score (nSPS) is 16.5. The highest BCUT2D eigenvalue weighted by molar-refractivity contribution is 6.14. The van der Waals surface area contributed by atoms with Crippen LogP contribution in [0, 0.1) is 12.8 Å². The number of hydrogen-bond acceptors (Lipinski definition) is 4. The quantitative estimate of drug-likeness (QED) is 0.427. The van der Waals surface area contributed by atoms with E-state index >= 15 is 0 Å². The molecule has 1 heterocycles. The number of aryl methyl sites for hydroxylation is 1. The number of rotatable bonds is 5. The maximum atomic E-state index is 13.6. The van der Waals surface area contributed by atoms with Gasteiger partial charge in [-0.1, -0.05) is 49.6 Å². The number of carbonyl (C=O) groups excluding carboxylic acids is 1. The summed E-state index contributed by atoms with van der Waals surface area (Å²) in [5.74, 6) is 1.12. The first-order valence-electron chi connectivity index (χ1n) is 12.3. The summed E-state index contributed by atoms with van der Waals surface area (Å²) in [6.07, 6.45) is 5.78. The zero-order chi connectivity index (χ0) is 24.4. The van der Waals surface area contributed by atoms with Gasteiger partial charge in [0.2, 0.25) is 0 Å². The molecule has 2 amide bonds. The molecule has 180 valence electrons. The Morgan fingerprint density at radius 2 is 1.71 bits per heavy atom. The molecule has 0 radical (unpaired) electrons. The molecule has 1 aliphatic heterocycles. The number of nitrogens with two attached hydrogens (primary N) is 1. The Morgan fingerprint density at radius 3 is 2.43 bits per heavy atom.